The summed E-state index contributed by atoms with van der Waals surface area (Å²) in [5.41, 5.74) is 1.40. The maximum Gasteiger partial charge on any atom is 0.331 e. The van der Waals surface area contributed by atoms with Gasteiger partial charge in [0.05, 0.1) is 4.92 Å². The molecule has 0 saturated heterocycles. The van der Waals surface area contributed by atoms with Gasteiger partial charge in [-0.15, -0.1) is 11.8 Å². The summed E-state index contributed by atoms with van der Waals surface area (Å²) in [6, 6.07) is 13.7. The normalized spacial score (nSPS) is 10.6. The first-order valence-electron chi connectivity index (χ1n) is 8.35. The molecule has 0 atom stereocenters. The fourth-order valence-corrected chi connectivity index (χ4v) is 2.70. The Labute approximate surface area is 167 Å². The van der Waals surface area contributed by atoms with Gasteiger partial charge < -0.3 is 9.64 Å². The van der Waals surface area contributed by atoms with E-state index in [0.717, 1.165) is 16.5 Å². The molecule has 0 aliphatic heterocycles. The van der Waals surface area contributed by atoms with Gasteiger partial charge in [-0.2, -0.15) is 0 Å². The number of nitrogens with zero attached hydrogens (tertiary/aromatic N) is 2. The SMILES string of the molecule is CSc1ccc(CN(C)C(=O)COC(=O)/C=C/c2cccc([N+](=O)[O-])c2)cc1. The van der Waals surface area contributed by atoms with Crippen molar-refractivity contribution in [3.05, 3.63) is 75.8 Å². The first-order valence-corrected chi connectivity index (χ1v) is 9.57. The minimum Gasteiger partial charge on any atom is -0.452 e. The van der Waals surface area contributed by atoms with E-state index in [9.17, 15) is 19.7 Å². The van der Waals surface area contributed by atoms with Crippen LogP contribution in [-0.4, -0.2) is 41.6 Å². The highest BCUT2D eigenvalue weighted by Gasteiger charge is 2.11. The van der Waals surface area contributed by atoms with Crippen molar-refractivity contribution in [3.8, 4) is 0 Å². The number of carbonyl (C=O) groups is 2. The molecular weight excluding hydrogens is 380 g/mol. The second-order valence-corrected chi connectivity index (χ2v) is 6.77. The summed E-state index contributed by atoms with van der Waals surface area (Å²) < 4.78 is 4.94. The third-order valence-corrected chi connectivity index (χ3v) is 4.58. The van der Waals surface area contributed by atoms with E-state index in [1.807, 2.05) is 30.5 Å². The summed E-state index contributed by atoms with van der Waals surface area (Å²) in [4.78, 5) is 36.7. The standard InChI is InChI=1S/C20H20N2O5S/c1-21(13-16-6-9-18(28-2)10-7-16)19(23)14-27-20(24)11-8-15-4-3-5-17(12-15)22(25)26/h3-12H,13-14H2,1-2H3/b11-8+. The molecule has 2 aromatic rings. The largest absolute Gasteiger partial charge is 0.452 e. The average Bonchev–Trinajstić information content (AvgIpc) is 2.71. The molecule has 0 radical (unpaired) electrons. The summed E-state index contributed by atoms with van der Waals surface area (Å²) in [5, 5.41) is 10.7. The van der Waals surface area contributed by atoms with E-state index >= 15 is 0 Å². The maximum absolute atomic E-state index is 12.1. The molecular formula is C20H20N2O5S. The summed E-state index contributed by atoms with van der Waals surface area (Å²) in [6.07, 6.45) is 4.52. The number of esters is 1. The van der Waals surface area contributed by atoms with Crippen LogP contribution in [0.2, 0.25) is 0 Å². The van der Waals surface area contributed by atoms with Crippen molar-refractivity contribution in [1.82, 2.24) is 4.90 Å². The summed E-state index contributed by atoms with van der Waals surface area (Å²) in [7, 11) is 1.64. The van der Waals surface area contributed by atoms with Gasteiger partial charge in [-0.3, -0.25) is 14.9 Å². The molecule has 0 aliphatic carbocycles. The van der Waals surface area contributed by atoms with Gasteiger partial charge in [-0.25, -0.2) is 4.79 Å². The Kier molecular flexibility index (Phi) is 7.76. The number of amides is 1. The summed E-state index contributed by atoms with van der Waals surface area (Å²) in [6.45, 7) is 0.0338. The van der Waals surface area contributed by atoms with E-state index in [2.05, 4.69) is 0 Å². The van der Waals surface area contributed by atoms with E-state index in [4.69, 9.17) is 4.74 Å². The first kappa shape index (κ1) is 21.2. The predicted molar refractivity (Wildman–Crippen MR) is 108 cm³/mol. The Morgan fingerprint density at radius 3 is 2.57 bits per heavy atom. The molecule has 7 nitrogen and oxygen atoms in total. The number of nitro benzene ring substituents is 1. The van der Waals surface area contributed by atoms with Gasteiger partial charge >= 0.3 is 5.97 Å². The third kappa shape index (κ3) is 6.55. The van der Waals surface area contributed by atoms with Crippen molar-refractivity contribution >= 4 is 35.4 Å². The Morgan fingerprint density at radius 2 is 1.93 bits per heavy atom. The quantitative estimate of drug-likeness (QED) is 0.221. The second kappa shape index (κ2) is 10.3. The fraction of sp³-hybridized carbons (Fsp3) is 0.200. The highest BCUT2D eigenvalue weighted by molar-refractivity contribution is 7.98. The highest BCUT2D eigenvalue weighted by atomic mass is 32.2. The Balaban J connectivity index is 1.83. The number of hydrogen-bond donors (Lipinski definition) is 0. The molecule has 0 aromatic heterocycles. The lowest BCUT2D eigenvalue weighted by molar-refractivity contribution is -0.384. The molecule has 0 heterocycles. The van der Waals surface area contributed by atoms with Crippen LogP contribution >= 0.6 is 11.8 Å². The number of likely N-dealkylation sites (N-methyl/N-ethyl adjacent to an activating group) is 1. The first-order chi connectivity index (χ1) is 13.4. The predicted octanol–water partition coefficient (Wildman–Crippen LogP) is 3.53. The maximum atomic E-state index is 12.1. The highest BCUT2D eigenvalue weighted by Crippen LogP contribution is 2.16. The monoisotopic (exact) mass is 400 g/mol. The molecule has 146 valence electrons. The van der Waals surface area contributed by atoms with Crippen molar-refractivity contribution < 1.29 is 19.2 Å². The number of non-ortho nitro benzene ring substituents is 1. The number of thioether (sulfide) groups is 1. The van der Waals surface area contributed by atoms with Crippen LogP contribution in [0.25, 0.3) is 6.08 Å². The van der Waals surface area contributed by atoms with Crippen LogP contribution in [-0.2, 0) is 20.9 Å². The Hall–Kier alpha value is -3.13. The van der Waals surface area contributed by atoms with Crippen LogP contribution < -0.4 is 0 Å². The lowest BCUT2D eigenvalue weighted by Crippen LogP contribution is -2.30. The molecule has 28 heavy (non-hydrogen) atoms. The van der Waals surface area contributed by atoms with Gasteiger partial charge in [0.1, 0.15) is 0 Å². The zero-order valence-electron chi connectivity index (χ0n) is 15.5. The summed E-state index contributed by atoms with van der Waals surface area (Å²) in [5.74, 6) is -1.02. The van der Waals surface area contributed by atoms with Gasteiger partial charge in [0.2, 0.25) is 0 Å². The molecule has 1 amide bonds. The van der Waals surface area contributed by atoms with Gasteiger partial charge in [0.25, 0.3) is 11.6 Å². The number of rotatable bonds is 8. The van der Waals surface area contributed by atoms with E-state index in [1.54, 1.807) is 24.9 Å². The molecule has 2 aromatic carbocycles. The molecule has 8 heteroatoms. The van der Waals surface area contributed by atoms with Crippen LogP contribution in [0.15, 0.2) is 59.5 Å². The number of hydrogen-bond acceptors (Lipinski definition) is 6. The van der Waals surface area contributed by atoms with Crippen LogP contribution in [0, 0.1) is 10.1 Å². The van der Waals surface area contributed by atoms with Gasteiger partial charge in [-0.05, 0) is 35.6 Å². The lowest BCUT2D eigenvalue weighted by atomic mass is 10.2. The zero-order chi connectivity index (χ0) is 20.5. The van der Waals surface area contributed by atoms with E-state index in [1.165, 1.54) is 29.2 Å². The molecule has 0 bridgehead atoms. The van der Waals surface area contributed by atoms with Crippen LogP contribution in [0.1, 0.15) is 11.1 Å². The van der Waals surface area contributed by atoms with E-state index < -0.39 is 10.9 Å². The van der Waals surface area contributed by atoms with Gasteiger partial charge in [0.15, 0.2) is 6.61 Å². The molecule has 0 aliphatic rings. The van der Waals surface area contributed by atoms with Crippen molar-refractivity contribution in [2.75, 3.05) is 19.9 Å². The van der Waals surface area contributed by atoms with E-state index in [0.29, 0.717) is 12.1 Å². The minimum absolute atomic E-state index is 0.0714. The number of benzene rings is 2. The molecule has 2 rings (SSSR count). The van der Waals surface area contributed by atoms with Crippen molar-refractivity contribution in [2.24, 2.45) is 0 Å². The Morgan fingerprint density at radius 1 is 1.21 bits per heavy atom. The topological polar surface area (TPSA) is 89.8 Å². The number of carbonyl (C=O) groups excluding carboxylic acids is 2. The third-order valence-electron chi connectivity index (χ3n) is 3.84. The smallest absolute Gasteiger partial charge is 0.331 e. The molecule has 0 unspecified atom stereocenters. The van der Waals surface area contributed by atoms with Gasteiger partial charge in [0, 0.05) is 36.7 Å². The van der Waals surface area contributed by atoms with Crippen LogP contribution in [0.4, 0.5) is 5.69 Å². The fourth-order valence-electron chi connectivity index (χ4n) is 2.29. The molecule has 0 spiro atoms. The zero-order valence-corrected chi connectivity index (χ0v) is 16.3. The number of nitro groups is 1. The molecule has 0 fully saturated rings. The second-order valence-electron chi connectivity index (χ2n) is 5.89. The average molecular weight is 400 g/mol. The van der Waals surface area contributed by atoms with Crippen LogP contribution in [0.5, 0.6) is 0 Å². The lowest BCUT2D eigenvalue weighted by Gasteiger charge is -2.17. The van der Waals surface area contributed by atoms with Crippen molar-refractivity contribution in [2.45, 2.75) is 11.4 Å². The van der Waals surface area contributed by atoms with Gasteiger partial charge in [-0.1, -0.05) is 24.3 Å². The number of ether oxygens (including phenoxy) is 1. The minimum atomic E-state index is -0.697. The Bertz CT molecular complexity index is 880. The van der Waals surface area contributed by atoms with Crippen molar-refractivity contribution in [3.63, 3.8) is 0 Å². The molecule has 0 saturated carbocycles. The van der Waals surface area contributed by atoms with Crippen molar-refractivity contribution in [1.29, 1.82) is 0 Å². The molecule has 0 N–H and O–H groups in total. The van der Waals surface area contributed by atoms with Crippen LogP contribution in [0.3, 0.4) is 0 Å². The summed E-state index contributed by atoms with van der Waals surface area (Å²) >= 11 is 1.64. The van der Waals surface area contributed by atoms with E-state index in [-0.39, 0.29) is 18.2 Å².